The van der Waals surface area contributed by atoms with Crippen LogP contribution in [0.4, 0.5) is 0 Å². The first kappa shape index (κ1) is 14.1. The van der Waals surface area contributed by atoms with Crippen molar-refractivity contribution in [3.63, 3.8) is 0 Å². The van der Waals surface area contributed by atoms with E-state index in [9.17, 15) is 9.90 Å². The normalized spacial score (nSPS) is 24.5. The van der Waals surface area contributed by atoms with E-state index in [1.807, 2.05) is 6.20 Å². The van der Waals surface area contributed by atoms with Crippen LogP contribution >= 0.6 is 0 Å². The van der Waals surface area contributed by atoms with Gasteiger partial charge in [0.1, 0.15) is 11.9 Å². The molecule has 5 heteroatoms. The van der Waals surface area contributed by atoms with Crippen LogP contribution < -0.4 is 0 Å². The molecule has 1 fully saturated rings. The number of piperidine rings is 1. The lowest BCUT2D eigenvalue weighted by atomic mass is 9.89. The van der Waals surface area contributed by atoms with Gasteiger partial charge in [-0.15, -0.1) is 0 Å². The summed E-state index contributed by atoms with van der Waals surface area (Å²) in [5, 5.41) is 9.41. The van der Waals surface area contributed by atoms with Crippen molar-refractivity contribution >= 4 is 5.97 Å². The summed E-state index contributed by atoms with van der Waals surface area (Å²) in [7, 11) is 0. The lowest BCUT2D eigenvalue weighted by Crippen LogP contribution is -2.46. The van der Waals surface area contributed by atoms with Crippen LogP contribution in [-0.2, 0) is 17.9 Å². The predicted octanol–water partition coefficient (Wildman–Crippen LogP) is 1.98. The van der Waals surface area contributed by atoms with Gasteiger partial charge >= 0.3 is 5.97 Å². The van der Waals surface area contributed by atoms with Crippen molar-refractivity contribution < 1.29 is 9.90 Å². The summed E-state index contributed by atoms with van der Waals surface area (Å²) in [6.45, 7) is 6.57. The number of carbonyl (C=O) groups is 1. The second-order valence-corrected chi connectivity index (χ2v) is 5.25. The molecule has 0 saturated carbocycles. The first-order valence-corrected chi connectivity index (χ1v) is 7.12. The van der Waals surface area contributed by atoms with Crippen LogP contribution in [0.3, 0.4) is 0 Å². The molecule has 0 aromatic carbocycles. The lowest BCUT2D eigenvalue weighted by Gasteiger charge is -2.36. The highest BCUT2D eigenvalue weighted by atomic mass is 16.4. The Morgan fingerprint density at radius 1 is 1.53 bits per heavy atom. The molecule has 106 valence electrons. The van der Waals surface area contributed by atoms with Gasteiger partial charge in [0.05, 0.1) is 6.54 Å². The molecular weight excluding hydrogens is 242 g/mol. The molecule has 2 heterocycles. The summed E-state index contributed by atoms with van der Waals surface area (Å²) in [5.41, 5.74) is 0. The van der Waals surface area contributed by atoms with Gasteiger partial charge in [0.25, 0.3) is 0 Å². The molecule has 1 aromatic rings. The number of imidazole rings is 1. The van der Waals surface area contributed by atoms with Gasteiger partial charge in [0.2, 0.25) is 0 Å². The zero-order valence-corrected chi connectivity index (χ0v) is 11.7. The van der Waals surface area contributed by atoms with Crippen molar-refractivity contribution in [3.8, 4) is 0 Å². The molecule has 0 radical (unpaired) electrons. The van der Waals surface area contributed by atoms with Crippen molar-refractivity contribution in [2.75, 3.05) is 6.54 Å². The Morgan fingerprint density at radius 3 is 2.95 bits per heavy atom. The highest BCUT2D eigenvalue weighted by Crippen LogP contribution is 2.26. The number of nitrogens with zero attached hydrogens (tertiary/aromatic N) is 3. The first-order valence-electron chi connectivity index (χ1n) is 7.12. The van der Waals surface area contributed by atoms with Crippen molar-refractivity contribution in [1.82, 2.24) is 14.5 Å². The molecule has 0 aliphatic carbocycles. The Balaban J connectivity index is 2.08. The number of hydrogen-bond acceptors (Lipinski definition) is 3. The molecule has 1 aliphatic heterocycles. The van der Waals surface area contributed by atoms with Crippen LogP contribution in [0.2, 0.25) is 0 Å². The maximum Gasteiger partial charge on any atom is 0.320 e. The average molecular weight is 265 g/mol. The summed E-state index contributed by atoms with van der Waals surface area (Å²) >= 11 is 0. The molecule has 1 aliphatic rings. The fourth-order valence-electron chi connectivity index (χ4n) is 2.87. The number of aliphatic carboxylic acids is 1. The maximum atomic E-state index is 11.4. The minimum Gasteiger partial charge on any atom is -0.480 e. The van der Waals surface area contributed by atoms with E-state index >= 15 is 0 Å². The number of carboxylic acid groups (broad SMARTS) is 1. The number of carboxylic acids is 1. The quantitative estimate of drug-likeness (QED) is 0.884. The molecule has 1 aromatic heterocycles. The van der Waals surface area contributed by atoms with Crippen LogP contribution in [0, 0.1) is 5.92 Å². The smallest absolute Gasteiger partial charge is 0.320 e. The van der Waals surface area contributed by atoms with Crippen molar-refractivity contribution in [1.29, 1.82) is 0 Å². The monoisotopic (exact) mass is 265 g/mol. The Bertz CT molecular complexity index is 430. The van der Waals surface area contributed by atoms with E-state index in [0.29, 0.717) is 12.5 Å². The summed E-state index contributed by atoms with van der Waals surface area (Å²) in [5.74, 6) is 0.805. The second-order valence-electron chi connectivity index (χ2n) is 5.25. The van der Waals surface area contributed by atoms with E-state index in [2.05, 4.69) is 28.3 Å². The van der Waals surface area contributed by atoms with E-state index < -0.39 is 5.97 Å². The van der Waals surface area contributed by atoms with E-state index in [0.717, 1.165) is 38.2 Å². The van der Waals surface area contributed by atoms with E-state index in [-0.39, 0.29) is 6.04 Å². The van der Waals surface area contributed by atoms with Gasteiger partial charge in [-0.25, -0.2) is 4.98 Å². The SMILES string of the molecule is CCC1CCN(Cc2nccn2CC)C(C(=O)O)C1. The Hall–Kier alpha value is -1.36. The average Bonchev–Trinajstić information content (AvgIpc) is 2.86. The fraction of sp³-hybridized carbons (Fsp3) is 0.714. The molecular formula is C14H23N3O2. The molecule has 0 bridgehead atoms. The van der Waals surface area contributed by atoms with Crippen LogP contribution in [-0.4, -0.2) is 38.1 Å². The molecule has 2 atom stereocenters. The van der Waals surface area contributed by atoms with Gasteiger partial charge in [-0.1, -0.05) is 13.3 Å². The first-order chi connectivity index (χ1) is 9.15. The molecule has 1 saturated heterocycles. The molecule has 1 N–H and O–H groups in total. The third kappa shape index (κ3) is 3.15. The molecule has 5 nitrogen and oxygen atoms in total. The summed E-state index contributed by atoms with van der Waals surface area (Å²) in [4.78, 5) is 17.8. The molecule has 2 rings (SSSR count). The van der Waals surface area contributed by atoms with Gasteiger partial charge in [-0.05, 0) is 32.2 Å². The van der Waals surface area contributed by atoms with Crippen LogP contribution in [0.25, 0.3) is 0 Å². The number of hydrogen-bond donors (Lipinski definition) is 1. The summed E-state index contributed by atoms with van der Waals surface area (Å²) < 4.78 is 2.07. The second kappa shape index (κ2) is 6.19. The van der Waals surface area contributed by atoms with Gasteiger partial charge in [-0.3, -0.25) is 9.69 Å². The van der Waals surface area contributed by atoms with Crippen LogP contribution in [0.15, 0.2) is 12.4 Å². The number of likely N-dealkylation sites (tertiary alicyclic amines) is 1. The zero-order chi connectivity index (χ0) is 13.8. The van der Waals surface area contributed by atoms with Crippen molar-refractivity contribution in [2.45, 2.75) is 52.2 Å². The number of aryl methyl sites for hydroxylation is 1. The third-order valence-electron chi connectivity index (χ3n) is 4.17. The molecule has 0 amide bonds. The van der Waals surface area contributed by atoms with Gasteiger partial charge in [-0.2, -0.15) is 0 Å². The molecule has 0 spiro atoms. The fourth-order valence-corrected chi connectivity index (χ4v) is 2.87. The van der Waals surface area contributed by atoms with Crippen molar-refractivity contribution in [3.05, 3.63) is 18.2 Å². The Morgan fingerprint density at radius 2 is 2.32 bits per heavy atom. The summed E-state index contributed by atoms with van der Waals surface area (Å²) in [6, 6.07) is -0.360. The van der Waals surface area contributed by atoms with E-state index in [1.54, 1.807) is 6.20 Å². The zero-order valence-electron chi connectivity index (χ0n) is 11.7. The van der Waals surface area contributed by atoms with E-state index in [1.165, 1.54) is 0 Å². The predicted molar refractivity (Wildman–Crippen MR) is 72.7 cm³/mol. The number of rotatable bonds is 5. The van der Waals surface area contributed by atoms with Gasteiger partial charge in [0.15, 0.2) is 0 Å². The standard InChI is InChI=1S/C14H23N3O2/c1-3-11-5-7-17(12(9-11)14(18)19)10-13-15-6-8-16(13)4-2/h6,8,11-12H,3-5,7,9-10H2,1-2H3,(H,18,19). The van der Waals surface area contributed by atoms with Crippen molar-refractivity contribution in [2.24, 2.45) is 5.92 Å². The maximum absolute atomic E-state index is 11.4. The summed E-state index contributed by atoms with van der Waals surface area (Å²) in [6.07, 6.45) is 6.66. The Kier molecular flexibility index (Phi) is 4.58. The molecule has 2 unspecified atom stereocenters. The Labute approximate surface area is 114 Å². The topological polar surface area (TPSA) is 58.4 Å². The minimum absolute atomic E-state index is 0.360. The largest absolute Gasteiger partial charge is 0.480 e. The van der Waals surface area contributed by atoms with Gasteiger partial charge in [0, 0.05) is 18.9 Å². The highest BCUT2D eigenvalue weighted by molar-refractivity contribution is 5.73. The third-order valence-corrected chi connectivity index (χ3v) is 4.17. The van der Waals surface area contributed by atoms with Crippen LogP contribution in [0.1, 0.15) is 38.9 Å². The molecule has 19 heavy (non-hydrogen) atoms. The van der Waals surface area contributed by atoms with E-state index in [4.69, 9.17) is 0 Å². The van der Waals surface area contributed by atoms with Crippen LogP contribution in [0.5, 0.6) is 0 Å². The minimum atomic E-state index is -0.701. The highest BCUT2D eigenvalue weighted by Gasteiger charge is 2.33. The number of aromatic nitrogens is 2. The lowest BCUT2D eigenvalue weighted by molar-refractivity contribution is -0.145. The van der Waals surface area contributed by atoms with Gasteiger partial charge < -0.3 is 9.67 Å².